The number of carbonyl (C=O) groups excluding carboxylic acids is 1. The standard InChI is InChI=1S/C12H12FN3O/c1-16-5-3-9(8-16)7-15-12(17)10-2-4-14-11(13)6-10/h2-6,8H,7H2,1H3,(H,15,17). The van der Waals surface area contributed by atoms with Crippen LogP contribution < -0.4 is 5.32 Å². The third-order valence-corrected chi connectivity index (χ3v) is 2.34. The van der Waals surface area contributed by atoms with Crippen LogP contribution in [-0.4, -0.2) is 15.5 Å². The lowest BCUT2D eigenvalue weighted by molar-refractivity contribution is 0.0950. The smallest absolute Gasteiger partial charge is 0.251 e. The van der Waals surface area contributed by atoms with Gasteiger partial charge in [-0.2, -0.15) is 4.39 Å². The molecule has 2 heterocycles. The predicted molar refractivity (Wildman–Crippen MR) is 60.8 cm³/mol. The van der Waals surface area contributed by atoms with Crippen LogP contribution in [0.15, 0.2) is 36.8 Å². The third kappa shape index (κ3) is 2.90. The van der Waals surface area contributed by atoms with Crippen molar-refractivity contribution in [2.24, 2.45) is 7.05 Å². The van der Waals surface area contributed by atoms with Gasteiger partial charge in [0.05, 0.1) is 0 Å². The summed E-state index contributed by atoms with van der Waals surface area (Å²) in [7, 11) is 1.91. The Balaban J connectivity index is 1.98. The zero-order valence-electron chi connectivity index (χ0n) is 9.35. The molecule has 0 bridgehead atoms. The molecule has 0 aliphatic rings. The molecule has 0 aliphatic heterocycles. The van der Waals surface area contributed by atoms with Crippen LogP contribution in [0.1, 0.15) is 15.9 Å². The van der Waals surface area contributed by atoms with Crippen LogP contribution in [0.5, 0.6) is 0 Å². The van der Waals surface area contributed by atoms with Crippen molar-refractivity contribution in [3.05, 3.63) is 53.9 Å². The molecule has 2 aromatic heterocycles. The SMILES string of the molecule is Cn1ccc(CNC(=O)c2ccnc(F)c2)c1. The summed E-state index contributed by atoms with van der Waals surface area (Å²) < 4.78 is 14.7. The van der Waals surface area contributed by atoms with Gasteiger partial charge in [0.25, 0.3) is 5.91 Å². The topological polar surface area (TPSA) is 46.9 Å². The highest BCUT2D eigenvalue weighted by Crippen LogP contribution is 2.02. The van der Waals surface area contributed by atoms with E-state index in [2.05, 4.69) is 10.3 Å². The molecule has 1 amide bonds. The van der Waals surface area contributed by atoms with Gasteiger partial charge in [-0.05, 0) is 17.7 Å². The maximum atomic E-state index is 12.8. The van der Waals surface area contributed by atoms with Crippen molar-refractivity contribution in [3.63, 3.8) is 0 Å². The second kappa shape index (κ2) is 4.78. The molecule has 0 atom stereocenters. The van der Waals surface area contributed by atoms with Crippen molar-refractivity contribution < 1.29 is 9.18 Å². The highest BCUT2D eigenvalue weighted by molar-refractivity contribution is 5.93. The number of amides is 1. The zero-order chi connectivity index (χ0) is 12.3. The molecule has 88 valence electrons. The van der Waals surface area contributed by atoms with Gasteiger partial charge in [-0.1, -0.05) is 0 Å². The number of pyridine rings is 1. The van der Waals surface area contributed by atoms with Crippen LogP contribution in [0.2, 0.25) is 0 Å². The van der Waals surface area contributed by atoms with Crippen LogP contribution >= 0.6 is 0 Å². The van der Waals surface area contributed by atoms with Gasteiger partial charge < -0.3 is 9.88 Å². The van der Waals surface area contributed by atoms with E-state index in [0.717, 1.165) is 11.6 Å². The quantitative estimate of drug-likeness (QED) is 0.816. The third-order valence-electron chi connectivity index (χ3n) is 2.34. The van der Waals surface area contributed by atoms with Gasteiger partial charge in [-0.3, -0.25) is 4.79 Å². The minimum Gasteiger partial charge on any atom is -0.357 e. The molecule has 0 aliphatic carbocycles. The van der Waals surface area contributed by atoms with E-state index in [9.17, 15) is 9.18 Å². The maximum Gasteiger partial charge on any atom is 0.251 e. The first kappa shape index (κ1) is 11.3. The van der Waals surface area contributed by atoms with Crippen LogP contribution in [0, 0.1) is 5.95 Å². The second-order valence-electron chi connectivity index (χ2n) is 3.74. The Bertz CT molecular complexity index is 536. The number of nitrogens with zero attached hydrogens (tertiary/aromatic N) is 2. The lowest BCUT2D eigenvalue weighted by Gasteiger charge is -2.03. The largest absolute Gasteiger partial charge is 0.357 e. The van der Waals surface area contributed by atoms with E-state index in [4.69, 9.17) is 0 Å². The summed E-state index contributed by atoms with van der Waals surface area (Å²) in [5.41, 5.74) is 1.27. The second-order valence-corrected chi connectivity index (χ2v) is 3.74. The Kier molecular flexibility index (Phi) is 3.18. The molecular formula is C12H12FN3O. The molecule has 0 aromatic carbocycles. The number of carbonyl (C=O) groups is 1. The Morgan fingerprint density at radius 2 is 2.35 bits per heavy atom. The first-order chi connectivity index (χ1) is 8.15. The van der Waals surface area contributed by atoms with Crippen molar-refractivity contribution in [1.29, 1.82) is 0 Å². The highest BCUT2D eigenvalue weighted by Gasteiger charge is 2.06. The summed E-state index contributed by atoms with van der Waals surface area (Å²) in [6.07, 6.45) is 5.08. The van der Waals surface area contributed by atoms with E-state index >= 15 is 0 Å². The predicted octanol–water partition coefficient (Wildman–Crippen LogP) is 1.49. The Hall–Kier alpha value is -2.17. The number of aromatic nitrogens is 2. The van der Waals surface area contributed by atoms with Gasteiger partial charge in [-0.15, -0.1) is 0 Å². The fourth-order valence-corrected chi connectivity index (χ4v) is 1.49. The number of rotatable bonds is 3. The van der Waals surface area contributed by atoms with E-state index < -0.39 is 5.95 Å². The van der Waals surface area contributed by atoms with Crippen molar-refractivity contribution in [3.8, 4) is 0 Å². The van der Waals surface area contributed by atoms with Crippen LogP contribution in [0.4, 0.5) is 4.39 Å². The zero-order valence-corrected chi connectivity index (χ0v) is 9.35. The van der Waals surface area contributed by atoms with Crippen molar-refractivity contribution in [2.75, 3.05) is 0 Å². The number of nitrogens with one attached hydrogen (secondary N) is 1. The average Bonchev–Trinajstić information content (AvgIpc) is 2.72. The van der Waals surface area contributed by atoms with E-state index in [1.807, 2.05) is 30.1 Å². The van der Waals surface area contributed by atoms with E-state index in [0.29, 0.717) is 6.54 Å². The molecule has 0 spiro atoms. The molecule has 4 nitrogen and oxygen atoms in total. The summed E-state index contributed by atoms with van der Waals surface area (Å²) in [5.74, 6) is -0.965. The van der Waals surface area contributed by atoms with Crippen LogP contribution in [0.3, 0.4) is 0 Å². The number of aryl methyl sites for hydroxylation is 1. The van der Waals surface area contributed by atoms with E-state index in [1.54, 1.807) is 0 Å². The molecule has 5 heteroatoms. The van der Waals surface area contributed by atoms with Crippen LogP contribution in [0.25, 0.3) is 0 Å². The summed E-state index contributed by atoms with van der Waals surface area (Å²) in [6.45, 7) is 0.420. The van der Waals surface area contributed by atoms with Gasteiger partial charge in [0.2, 0.25) is 5.95 Å². The Morgan fingerprint density at radius 1 is 1.53 bits per heavy atom. The highest BCUT2D eigenvalue weighted by atomic mass is 19.1. The number of hydrogen-bond donors (Lipinski definition) is 1. The van der Waals surface area contributed by atoms with Crippen molar-refractivity contribution >= 4 is 5.91 Å². The molecule has 17 heavy (non-hydrogen) atoms. The molecule has 0 saturated heterocycles. The molecule has 0 saturated carbocycles. The summed E-state index contributed by atoms with van der Waals surface area (Å²) in [6, 6.07) is 4.50. The first-order valence-electron chi connectivity index (χ1n) is 5.16. The lowest BCUT2D eigenvalue weighted by atomic mass is 10.2. The van der Waals surface area contributed by atoms with Gasteiger partial charge in [0.1, 0.15) is 0 Å². The molecule has 2 rings (SSSR count). The lowest BCUT2D eigenvalue weighted by Crippen LogP contribution is -2.22. The van der Waals surface area contributed by atoms with Gasteiger partial charge in [0, 0.05) is 43.8 Å². The minimum absolute atomic E-state index is 0.272. The van der Waals surface area contributed by atoms with E-state index in [-0.39, 0.29) is 11.5 Å². The first-order valence-corrected chi connectivity index (χ1v) is 5.16. The maximum absolute atomic E-state index is 12.8. The normalized spacial score (nSPS) is 10.2. The molecule has 0 radical (unpaired) electrons. The fourth-order valence-electron chi connectivity index (χ4n) is 1.49. The fraction of sp³-hybridized carbons (Fsp3) is 0.167. The summed E-state index contributed by atoms with van der Waals surface area (Å²) in [5, 5.41) is 2.71. The monoisotopic (exact) mass is 233 g/mol. The number of hydrogen-bond acceptors (Lipinski definition) is 2. The van der Waals surface area contributed by atoms with Gasteiger partial charge in [0.15, 0.2) is 0 Å². The van der Waals surface area contributed by atoms with Gasteiger partial charge >= 0.3 is 0 Å². The van der Waals surface area contributed by atoms with Crippen molar-refractivity contribution in [2.45, 2.75) is 6.54 Å². The summed E-state index contributed by atoms with van der Waals surface area (Å²) in [4.78, 5) is 15.1. The molecule has 1 N–H and O–H groups in total. The average molecular weight is 233 g/mol. The molecular weight excluding hydrogens is 221 g/mol. The minimum atomic E-state index is -0.655. The van der Waals surface area contributed by atoms with Gasteiger partial charge in [-0.25, -0.2) is 4.98 Å². The molecule has 0 fully saturated rings. The van der Waals surface area contributed by atoms with Crippen LogP contribution in [-0.2, 0) is 13.6 Å². The Morgan fingerprint density at radius 3 is 3.00 bits per heavy atom. The summed E-state index contributed by atoms with van der Waals surface area (Å²) >= 11 is 0. The Labute approximate surface area is 98.1 Å². The molecule has 2 aromatic rings. The van der Waals surface area contributed by atoms with Crippen molar-refractivity contribution in [1.82, 2.24) is 14.9 Å². The number of halogens is 1. The molecule has 0 unspecified atom stereocenters. The van der Waals surface area contributed by atoms with E-state index in [1.165, 1.54) is 12.3 Å².